The molecule has 0 unspecified atom stereocenters. The molecule has 3 aromatic carbocycles. The third-order valence-corrected chi connectivity index (χ3v) is 6.31. The SMILES string of the molecule is NC1CCN(c2c(-c3cc(F)cc(F)c3)cnc3ccc(-c4cccc(C(=O)O)c4)cc23)CC1. The molecule has 1 aromatic heterocycles. The zero-order chi connectivity index (χ0) is 23.8. The van der Waals surface area contributed by atoms with Gasteiger partial charge in [-0.3, -0.25) is 4.98 Å². The summed E-state index contributed by atoms with van der Waals surface area (Å²) in [6.07, 6.45) is 3.27. The van der Waals surface area contributed by atoms with E-state index in [2.05, 4.69) is 9.88 Å². The maximum absolute atomic E-state index is 14.1. The fourth-order valence-corrected chi connectivity index (χ4v) is 4.57. The number of fused-ring (bicyclic) bond motifs is 1. The van der Waals surface area contributed by atoms with Crippen molar-refractivity contribution < 1.29 is 18.7 Å². The van der Waals surface area contributed by atoms with E-state index in [4.69, 9.17) is 5.73 Å². The molecule has 5 rings (SSSR count). The molecule has 0 radical (unpaired) electrons. The van der Waals surface area contributed by atoms with Crippen LogP contribution in [0.2, 0.25) is 0 Å². The summed E-state index contributed by atoms with van der Waals surface area (Å²) in [4.78, 5) is 18.2. The molecule has 0 spiro atoms. The predicted octanol–water partition coefficient (Wildman–Crippen LogP) is 5.47. The number of halogens is 2. The van der Waals surface area contributed by atoms with Crippen LogP contribution in [0.25, 0.3) is 33.2 Å². The molecule has 0 saturated carbocycles. The Hall–Kier alpha value is -3.84. The highest BCUT2D eigenvalue weighted by Gasteiger charge is 2.23. The van der Waals surface area contributed by atoms with Gasteiger partial charge in [0.05, 0.1) is 16.8 Å². The van der Waals surface area contributed by atoms with Gasteiger partial charge in [0.25, 0.3) is 0 Å². The van der Waals surface area contributed by atoms with Gasteiger partial charge in [-0.05, 0) is 65.9 Å². The van der Waals surface area contributed by atoms with Gasteiger partial charge in [0, 0.05) is 42.3 Å². The summed E-state index contributed by atoms with van der Waals surface area (Å²) in [5, 5.41) is 10.2. The number of aromatic carboxylic acids is 1. The Balaban J connectivity index is 1.73. The summed E-state index contributed by atoms with van der Waals surface area (Å²) < 4.78 is 28.2. The lowest BCUT2D eigenvalue weighted by atomic mass is 9.95. The Morgan fingerprint density at radius 1 is 0.941 bits per heavy atom. The van der Waals surface area contributed by atoms with Crippen LogP contribution in [0, 0.1) is 11.6 Å². The molecule has 0 bridgehead atoms. The number of pyridine rings is 1. The number of carbonyl (C=O) groups is 1. The Bertz CT molecular complexity index is 1380. The molecule has 3 N–H and O–H groups in total. The molecule has 1 aliphatic rings. The van der Waals surface area contributed by atoms with Crippen LogP contribution in [0.4, 0.5) is 14.5 Å². The highest BCUT2D eigenvalue weighted by atomic mass is 19.1. The van der Waals surface area contributed by atoms with Crippen molar-refractivity contribution in [2.75, 3.05) is 18.0 Å². The van der Waals surface area contributed by atoms with Crippen LogP contribution in [-0.4, -0.2) is 35.2 Å². The van der Waals surface area contributed by atoms with Gasteiger partial charge in [-0.25, -0.2) is 13.6 Å². The van der Waals surface area contributed by atoms with Gasteiger partial charge in [0.1, 0.15) is 11.6 Å². The quantitative estimate of drug-likeness (QED) is 0.423. The highest BCUT2D eigenvalue weighted by molar-refractivity contribution is 6.02. The number of rotatable bonds is 4. The first-order chi connectivity index (χ1) is 16.4. The number of aromatic nitrogens is 1. The summed E-state index contributed by atoms with van der Waals surface area (Å²) in [5.74, 6) is -2.30. The molecule has 1 fully saturated rings. The minimum Gasteiger partial charge on any atom is -0.478 e. The monoisotopic (exact) mass is 459 g/mol. The van der Waals surface area contributed by atoms with E-state index in [9.17, 15) is 18.7 Å². The van der Waals surface area contributed by atoms with Crippen LogP contribution in [0.1, 0.15) is 23.2 Å². The average Bonchev–Trinajstić information content (AvgIpc) is 2.83. The van der Waals surface area contributed by atoms with E-state index in [1.165, 1.54) is 12.1 Å². The molecule has 4 aromatic rings. The molecular weight excluding hydrogens is 436 g/mol. The number of nitrogens with two attached hydrogens (primary N) is 1. The van der Waals surface area contributed by atoms with Crippen molar-refractivity contribution in [1.29, 1.82) is 0 Å². The lowest BCUT2D eigenvalue weighted by molar-refractivity contribution is 0.0697. The number of anilines is 1. The second-order valence-corrected chi connectivity index (χ2v) is 8.62. The molecule has 7 heteroatoms. The van der Waals surface area contributed by atoms with E-state index in [1.54, 1.807) is 24.4 Å². The number of hydrogen-bond acceptors (Lipinski definition) is 4. The summed E-state index contributed by atoms with van der Waals surface area (Å²) in [7, 11) is 0. The summed E-state index contributed by atoms with van der Waals surface area (Å²) in [6.45, 7) is 1.42. The standard InChI is InChI=1S/C27H23F2N3O2/c28-20-11-19(12-21(29)14-20)24-15-31-25-5-4-17(16-2-1-3-18(10-16)27(33)34)13-23(25)26(24)32-8-6-22(30)7-9-32/h1-5,10-15,22H,6-9,30H2,(H,33,34). The van der Waals surface area contributed by atoms with E-state index in [0.717, 1.165) is 46.6 Å². The highest BCUT2D eigenvalue weighted by Crippen LogP contribution is 2.39. The van der Waals surface area contributed by atoms with Crippen molar-refractivity contribution >= 4 is 22.6 Å². The number of benzene rings is 3. The van der Waals surface area contributed by atoms with Crippen LogP contribution in [0.15, 0.2) is 66.9 Å². The molecule has 172 valence electrons. The van der Waals surface area contributed by atoms with E-state index in [0.29, 0.717) is 24.2 Å². The molecule has 5 nitrogen and oxygen atoms in total. The van der Waals surface area contributed by atoms with E-state index in [-0.39, 0.29) is 11.6 Å². The van der Waals surface area contributed by atoms with Crippen molar-refractivity contribution in [3.8, 4) is 22.3 Å². The fraction of sp³-hybridized carbons (Fsp3) is 0.185. The van der Waals surface area contributed by atoms with E-state index >= 15 is 0 Å². The largest absolute Gasteiger partial charge is 0.478 e. The molecule has 1 saturated heterocycles. The molecule has 0 atom stereocenters. The Labute approximate surface area is 195 Å². The number of piperidine rings is 1. The molecule has 0 aliphatic carbocycles. The predicted molar refractivity (Wildman–Crippen MR) is 129 cm³/mol. The first-order valence-electron chi connectivity index (χ1n) is 11.1. The lowest BCUT2D eigenvalue weighted by Gasteiger charge is -2.34. The van der Waals surface area contributed by atoms with Crippen molar-refractivity contribution in [3.63, 3.8) is 0 Å². The van der Waals surface area contributed by atoms with Crippen molar-refractivity contribution in [1.82, 2.24) is 4.98 Å². The summed E-state index contributed by atoms with van der Waals surface area (Å²) >= 11 is 0. The summed E-state index contributed by atoms with van der Waals surface area (Å²) in [5.41, 5.74) is 10.6. The number of hydrogen-bond donors (Lipinski definition) is 2. The zero-order valence-corrected chi connectivity index (χ0v) is 18.3. The van der Waals surface area contributed by atoms with Crippen molar-refractivity contribution in [2.45, 2.75) is 18.9 Å². The Morgan fingerprint density at radius 3 is 2.35 bits per heavy atom. The van der Waals surface area contributed by atoms with Crippen molar-refractivity contribution in [2.24, 2.45) is 5.73 Å². The minimum absolute atomic E-state index is 0.119. The maximum Gasteiger partial charge on any atom is 0.335 e. The van der Waals surface area contributed by atoms with Crippen LogP contribution >= 0.6 is 0 Å². The Morgan fingerprint density at radius 2 is 1.65 bits per heavy atom. The number of carboxylic acid groups (broad SMARTS) is 1. The third kappa shape index (κ3) is 4.22. The van der Waals surface area contributed by atoms with Crippen LogP contribution in [0.5, 0.6) is 0 Å². The molecule has 2 heterocycles. The van der Waals surface area contributed by atoms with Crippen LogP contribution < -0.4 is 10.6 Å². The molecular formula is C27H23F2N3O2. The normalized spacial score (nSPS) is 14.5. The molecule has 1 aliphatic heterocycles. The number of carboxylic acids is 1. The van der Waals surface area contributed by atoms with Crippen molar-refractivity contribution in [3.05, 3.63) is 84.1 Å². The third-order valence-electron chi connectivity index (χ3n) is 6.31. The second-order valence-electron chi connectivity index (χ2n) is 8.62. The summed E-state index contributed by atoms with van der Waals surface area (Å²) in [6, 6.07) is 16.1. The van der Waals surface area contributed by atoms with E-state index < -0.39 is 17.6 Å². The van der Waals surface area contributed by atoms with E-state index in [1.807, 2.05) is 24.3 Å². The smallest absolute Gasteiger partial charge is 0.335 e. The fourth-order valence-electron chi connectivity index (χ4n) is 4.57. The first kappa shape index (κ1) is 22.0. The van der Waals surface area contributed by atoms with Gasteiger partial charge in [-0.15, -0.1) is 0 Å². The van der Waals surface area contributed by atoms with Gasteiger partial charge in [0.2, 0.25) is 0 Å². The second kappa shape index (κ2) is 8.83. The molecule has 0 amide bonds. The first-order valence-corrected chi connectivity index (χ1v) is 11.1. The van der Waals surface area contributed by atoms with Gasteiger partial charge < -0.3 is 15.7 Å². The maximum atomic E-state index is 14.1. The van der Waals surface area contributed by atoms with Crippen LogP contribution in [-0.2, 0) is 0 Å². The van der Waals surface area contributed by atoms with Gasteiger partial charge in [-0.2, -0.15) is 0 Å². The van der Waals surface area contributed by atoms with Gasteiger partial charge in [0.15, 0.2) is 0 Å². The minimum atomic E-state index is -0.995. The average molecular weight is 459 g/mol. The lowest BCUT2D eigenvalue weighted by Crippen LogP contribution is -2.40. The molecule has 34 heavy (non-hydrogen) atoms. The Kier molecular flexibility index (Phi) is 5.71. The van der Waals surface area contributed by atoms with Gasteiger partial charge >= 0.3 is 5.97 Å². The zero-order valence-electron chi connectivity index (χ0n) is 18.3. The van der Waals surface area contributed by atoms with Gasteiger partial charge in [-0.1, -0.05) is 18.2 Å². The number of nitrogens with zero attached hydrogens (tertiary/aromatic N) is 2. The van der Waals surface area contributed by atoms with Crippen LogP contribution in [0.3, 0.4) is 0 Å². The topological polar surface area (TPSA) is 79.5 Å².